The Balaban J connectivity index is 1.78. The number of benzene rings is 1. The topological polar surface area (TPSA) is 68.0 Å². The molecule has 3 heterocycles. The summed E-state index contributed by atoms with van der Waals surface area (Å²) < 4.78 is 3.42. The number of aromatic nitrogens is 5. The van der Waals surface area contributed by atoms with Gasteiger partial charge in [0.05, 0.1) is 5.69 Å². The van der Waals surface area contributed by atoms with Crippen LogP contribution in [0.4, 0.5) is 0 Å². The number of hydrogen-bond donors (Lipinski definition) is 1. The fourth-order valence-corrected chi connectivity index (χ4v) is 3.02. The predicted octanol–water partition coefficient (Wildman–Crippen LogP) is 3.00. The Labute approximate surface area is 144 Å². The van der Waals surface area contributed by atoms with Crippen molar-refractivity contribution in [2.45, 2.75) is 26.3 Å². The van der Waals surface area contributed by atoms with E-state index in [9.17, 15) is 4.79 Å². The minimum atomic E-state index is -0.105. The lowest BCUT2D eigenvalue weighted by atomic mass is 10.1. The summed E-state index contributed by atoms with van der Waals surface area (Å²) in [6.07, 6.45) is 3.61. The van der Waals surface area contributed by atoms with E-state index in [2.05, 4.69) is 17.1 Å². The van der Waals surface area contributed by atoms with Gasteiger partial charge in [-0.3, -0.25) is 14.6 Å². The van der Waals surface area contributed by atoms with Crippen molar-refractivity contribution < 1.29 is 0 Å². The molecule has 0 aliphatic carbocycles. The molecule has 0 spiro atoms. The van der Waals surface area contributed by atoms with Gasteiger partial charge in [0.15, 0.2) is 5.65 Å². The largest absolute Gasteiger partial charge is 0.296 e. The van der Waals surface area contributed by atoms with Crippen molar-refractivity contribution in [3.63, 3.8) is 0 Å². The Morgan fingerprint density at radius 2 is 2.00 bits per heavy atom. The third-order valence-corrected chi connectivity index (χ3v) is 4.48. The Kier molecular flexibility index (Phi) is 3.72. The second-order valence-corrected chi connectivity index (χ2v) is 6.29. The van der Waals surface area contributed by atoms with Crippen LogP contribution in [0.15, 0.2) is 59.7 Å². The van der Waals surface area contributed by atoms with Crippen LogP contribution in [0.5, 0.6) is 0 Å². The summed E-state index contributed by atoms with van der Waals surface area (Å²) in [4.78, 5) is 17.3. The summed E-state index contributed by atoms with van der Waals surface area (Å²) in [6, 6.07) is 13.5. The fraction of sp³-hybridized carbons (Fsp3) is 0.211. The molecule has 126 valence electrons. The molecule has 0 aliphatic rings. The molecule has 25 heavy (non-hydrogen) atoms. The number of H-pyrrole nitrogens is 1. The SMILES string of the molecule is Cc1ccnn1C[C@H](C)c1cc(=O)n2[nH]cc(-c3ccccc3)c2n1. The number of hydrogen-bond acceptors (Lipinski definition) is 3. The second-order valence-electron chi connectivity index (χ2n) is 6.29. The summed E-state index contributed by atoms with van der Waals surface area (Å²) in [5.74, 6) is 0.0785. The first kappa shape index (κ1) is 15.4. The average molecular weight is 333 g/mol. The van der Waals surface area contributed by atoms with E-state index in [1.54, 1.807) is 12.3 Å². The van der Waals surface area contributed by atoms with Crippen LogP contribution >= 0.6 is 0 Å². The van der Waals surface area contributed by atoms with E-state index in [1.165, 1.54) is 4.52 Å². The molecule has 0 aliphatic heterocycles. The number of rotatable bonds is 4. The zero-order chi connectivity index (χ0) is 17.4. The minimum absolute atomic E-state index is 0.0785. The van der Waals surface area contributed by atoms with Crippen molar-refractivity contribution in [1.82, 2.24) is 24.4 Å². The normalized spacial score (nSPS) is 12.6. The summed E-state index contributed by atoms with van der Waals surface area (Å²) in [5, 5.41) is 7.32. The lowest BCUT2D eigenvalue weighted by Crippen LogP contribution is -2.18. The first-order valence-corrected chi connectivity index (χ1v) is 8.28. The Bertz CT molecular complexity index is 1070. The number of aryl methyl sites for hydroxylation is 1. The number of nitrogens with zero attached hydrogens (tertiary/aromatic N) is 4. The zero-order valence-electron chi connectivity index (χ0n) is 14.2. The first-order chi connectivity index (χ1) is 12.1. The molecule has 1 N–H and O–H groups in total. The molecule has 0 unspecified atom stereocenters. The van der Waals surface area contributed by atoms with Crippen LogP contribution in [0.3, 0.4) is 0 Å². The maximum Gasteiger partial charge on any atom is 0.272 e. The van der Waals surface area contributed by atoms with Crippen molar-refractivity contribution in [3.05, 3.63) is 76.6 Å². The zero-order valence-corrected chi connectivity index (χ0v) is 14.2. The number of nitrogens with one attached hydrogen (secondary N) is 1. The van der Waals surface area contributed by atoms with Crippen molar-refractivity contribution in [2.24, 2.45) is 0 Å². The Hall–Kier alpha value is -3.15. The van der Waals surface area contributed by atoms with Crippen molar-refractivity contribution in [1.29, 1.82) is 0 Å². The molecule has 4 rings (SSSR count). The highest BCUT2D eigenvalue weighted by atomic mass is 16.1. The van der Waals surface area contributed by atoms with Crippen LogP contribution < -0.4 is 5.56 Å². The van der Waals surface area contributed by atoms with E-state index in [1.807, 2.05) is 54.2 Å². The quantitative estimate of drug-likeness (QED) is 0.624. The maximum atomic E-state index is 12.5. The number of fused-ring (bicyclic) bond motifs is 1. The first-order valence-electron chi connectivity index (χ1n) is 8.28. The highest BCUT2D eigenvalue weighted by molar-refractivity contribution is 5.76. The van der Waals surface area contributed by atoms with Gasteiger partial charge in [0.25, 0.3) is 5.56 Å². The van der Waals surface area contributed by atoms with Crippen molar-refractivity contribution >= 4 is 5.65 Å². The molecule has 1 aromatic carbocycles. The molecule has 0 bridgehead atoms. The lowest BCUT2D eigenvalue weighted by molar-refractivity contribution is 0.523. The maximum absolute atomic E-state index is 12.5. The van der Waals surface area contributed by atoms with Gasteiger partial charge in [0.1, 0.15) is 0 Å². The summed E-state index contributed by atoms with van der Waals surface area (Å²) >= 11 is 0. The minimum Gasteiger partial charge on any atom is -0.296 e. The van der Waals surface area contributed by atoms with Crippen LogP contribution in [0.2, 0.25) is 0 Å². The fourth-order valence-electron chi connectivity index (χ4n) is 3.02. The highest BCUT2D eigenvalue weighted by Crippen LogP contribution is 2.23. The van der Waals surface area contributed by atoms with Gasteiger partial charge in [-0.05, 0) is 18.6 Å². The van der Waals surface area contributed by atoms with Crippen LogP contribution in [0.25, 0.3) is 16.8 Å². The van der Waals surface area contributed by atoms with E-state index in [4.69, 9.17) is 4.98 Å². The average Bonchev–Trinajstić information content (AvgIpc) is 3.22. The van der Waals surface area contributed by atoms with Crippen molar-refractivity contribution in [3.8, 4) is 11.1 Å². The molecule has 0 saturated carbocycles. The number of aromatic amines is 1. The molecule has 4 aromatic rings. The molecule has 6 heteroatoms. The van der Waals surface area contributed by atoms with Crippen LogP contribution in [-0.2, 0) is 6.54 Å². The van der Waals surface area contributed by atoms with Gasteiger partial charge >= 0.3 is 0 Å². The van der Waals surface area contributed by atoms with Crippen molar-refractivity contribution in [2.75, 3.05) is 0 Å². The summed E-state index contributed by atoms with van der Waals surface area (Å²) in [5.41, 5.74) is 4.36. The Morgan fingerprint density at radius 3 is 2.72 bits per heavy atom. The monoisotopic (exact) mass is 333 g/mol. The van der Waals surface area contributed by atoms with Gasteiger partial charge in [-0.15, -0.1) is 0 Å². The third-order valence-electron chi connectivity index (χ3n) is 4.48. The highest BCUT2D eigenvalue weighted by Gasteiger charge is 2.15. The molecule has 3 aromatic heterocycles. The van der Waals surface area contributed by atoms with Gasteiger partial charge in [0.2, 0.25) is 0 Å². The molecule has 1 atom stereocenters. The molecular weight excluding hydrogens is 314 g/mol. The standard InChI is InChI=1S/C19H19N5O/c1-13(12-23-14(2)8-9-20-23)17-10-18(25)24-19(22-17)16(11-21-24)15-6-4-3-5-7-15/h3-11,13,21H,12H2,1-2H3/t13-/m0/s1. The van der Waals surface area contributed by atoms with E-state index < -0.39 is 0 Å². The second kappa shape index (κ2) is 6.05. The van der Waals surface area contributed by atoms with Crippen LogP contribution in [-0.4, -0.2) is 24.4 Å². The van der Waals surface area contributed by atoms with E-state index in [-0.39, 0.29) is 11.5 Å². The molecule has 0 saturated heterocycles. The van der Waals surface area contributed by atoms with E-state index in [0.29, 0.717) is 12.2 Å². The van der Waals surface area contributed by atoms with Crippen LogP contribution in [0.1, 0.15) is 24.2 Å². The third kappa shape index (κ3) is 2.76. The van der Waals surface area contributed by atoms with Gasteiger partial charge < -0.3 is 0 Å². The molecule has 0 fully saturated rings. The van der Waals surface area contributed by atoms with Gasteiger partial charge in [0, 0.05) is 42.2 Å². The van der Waals surface area contributed by atoms with Gasteiger partial charge in [-0.1, -0.05) is 37.3 Å². The summed E-state index contributed by atoms with van der Waals surface area (Å²) in [7, 11) is 0. The molecule has 0 amide bonds. The predicted molar refractivity (Wildman–Crippen MR) is 96.6 cm³/mol. The van der Waals surface area contributed by atoms with Gasteiger partial charge in [-0.25, -0.2) is 9.50 Å². The van der Waals surface area contributed by atoms with E-state index in [0.717, 1.165) is 22.5 Å². The van der Waals surface area contributed by atoms with Crippen LogP contribution in [0, 0.1) is 6.92 Å². The lowest BCUT2D eigenvalue weighted by Gasteiger charge is -2.12. The van der Waals surface area contributed by atoms with E-state index >= 15 is 0 Å². The molecule has 6 nitrogen and oxygen atoms in total. The smallest absolute Gasteiger partial charge is 0.272 e. The summed E-state index contributed by atoms with van der Waals surface area (Å²) in [6.45, 7) is 4.77. The molecular formula is C19H19N5O. The van der Waals surface area contributed by atoms with Gasteiger partial charge in [-0.2, -0.15) is 5.10 Å². The Morgan fingerprint density at radius 1 is 1.20 bits per heavy atom. The molecule has 0 radical (unpaired) electrons.